The molecule has 2 unspecified atom stereocenters. The van der Waals surface area contributed by atoms with Crippen molar-refractivity contribution in [3.05, 3.63) is 113 Å². The molecule has 2 N–H and O–H groups in total. The highest BCUT2D eigenvalue weighted by Gasteiger charge is 2.42. The zero-order valence-corrected chi connectivity index (χ0v) is 26.8. The van der Waals surface area contributed by atoms with Crippen molar-refractivity contribution in [1.82, 2.24) is 10.2 Å². The van der Waals surface area contributed by atoms with Crippen LogP contribution in [0.1, 0.15) is 68.3 Å². The lowest BCUT2D eigenvalue weighted by atomic mass is 9.87. The number of alkyl carbamates (subject to hydrolysis) is 1. The minimum Gasteiger partial charge on any atom is -0.444 e. The molecular formula is C38H43N3O4. The largest absolute Gasteiger partial charge is 0.444 e. The summed E-state index contributed by atoms with van der Waals surface area (Å²) in [5.41, 5.74) is 3.67. The Kier molecular flexibility index (Phi) is 9.57. The third kappa shape index (κ3) is 7.90. The lowest BCUT2D eigenvalue weighted by Crippen LogP contribution is -2.57. The molecule has 0 heterocycles. The number of amides is 3. The number of fused-ring (bicyclic) bond motifs is 1. The van der Waals surface area contributed by atoms with Gasteiger partial charge in [0.05, 0.1) is 0 Å². The average Bonchev–Trinajstić information content (AvgIpc) is 2.96. The first kappa shape index (κ1) is 31.8. The topological polar surface area (TPSA) is 87.7 Å². The molecule has 0 bridgehead atoms. The molecule has 0 aromatic heterocycles. The summed E-state index contributed by atoms with van der Waals surface area (Å²) < 4.78 is 5.57. The number of benzene rings is 4. The second-order valence-corrected chi connectivity index (χ2v) is 13.0. The van der Waals surface area contributed by atoms with Gasteiger partial charge in [-0.1, -0.05) is 78.9 Å². The third-order valence-corrected chi connectivity index (χ3v) is 8.38. The number of hydrogen-bond acceptors (Lipinski definition) is 4. The van der Waals surface area contributed by atoms with E-state index in [1.165, 1.54) is 0 Å². The first-order valence-electron chi connectivity index (χ1n) is 15.7. The van der Waals surface area contributed by atoms with Crippen LogP contribution >= 0.6 is 0 Å². The van der Waals surface area contributed by atoms with Crippen molar-refractivity contribution in [2.75, 3.05) is 5.32 Å². The van der Waals surface area contributed by atoms with Crippen molar-refractivity contribution in [3.63, 3.8) is 0 Å². The highest BCUT2D eigenvalue weighted by molar-refractivity contribution is 6.00. The predicted molar refractivity (Wildman–Crippen MR) is 179 cm³/mol. The Balaban J connectivity index is 1.54. The lowest BCUT2D eigenvalue weighted by molar-refractivity contribution is -0.145. The Morgan fingerprint density at radius 1 is 0.844 bits per heavy atom. The number of anilines is 1. The molecule has 7 heteroatoms. The average molecular weight is 606 g/mol. The normalized spacial score (nSPS) is 14.6. The second-order valence-electron chi connectivity index (χ2n) is 13.0. The highest BCUT2D eigenvalue weighted by Crippen LogP contribution is 2.35. The monoisotopic (exact) mass is 605 g/mol. The molecule has 4 aromatic rings. The van der Waals surface area contributed by atoms with Crippen molar-refractivity contribution >= 4 is 34.4 Å². The van der Waals surface area contributed by atoms with Gasteiger partial charge in [0.2, 0.25) is 5.91 Å². The molecule has 0 saturated heterocycles. The third-order valence-electron chi connectivity index (χ3n) is 8.38. The van der Waals surface area contributed by atoms with Gasteiger partial charge in [-0.25, -0.2) is 4.79 Å². The molecule has 45 heavy (non-hydrogen) atoms. The minimum atomic E-state index is -0.939. The van der Waals surface area contributed by atoms with Gasteiger partial charge in [-0.15, -0.1) is 0 Å². The van der Waals surface area contributed by atoms with Crippen LogP contribution in [0.25, 0.3) is 10.8 Å². The summed E-state index contributed by atoms with van der Waals surface area (Å²) in [7, 11) is 0. The molecular weight excluding hydrogens is 562 g/mol. The van der Waals surface area contributed by atoms with Gasteiger partial charge in [0.15, 0.2) is 0 Å². The molecule has 0 aliphatic heterocycles. The molecule has 1 saturated carbocycles. The SMILES string of the molecule is Cc1ccc(C(C(=O)Nc2ccc3ccccc3c2)N(C(=O)C(Cc2ccccc2)NC(=O)OC(C)(C)C)C2CCC2)cc1C. The van der Waals surface area contributed by atoms with Gasteiger partial charge >= 0.3 is 6.09 Å². The van der Waals surface area contributed by atoms with Crippen molar-refractivity contribution in [3.8, 4) is 0 Å². The van der Waals surface area contributed by atoms with E-state index in [9.17, 15) is 14.4 Å². The fraction of sp³-hybridized carbons (Fsp3) is 0.342. The van der Waals surface area contributed by atoms with Crippen molar-refractivity contribution in [2.45, 2.75) is 84.0 Å². The Labute approximate surface area is 266 Å². The van der Waals surface area contributed by atoms with Gasteiger partial charge in [0, 0.05) is 18.2 Å². The Morgan fingerprint density at radius 2 is 1.53 bits per heavy atom. The number of hydrogen-bond donors (Lipinski definition) is 2. The summed E-state index contributed by atoms with van der Waals surface area (Å²) in [5.74, 6) is -0.615. The molecule has 234 valence electrons. The second kappa shape index (κ2) is 13.6. The number of carbonyl (C=O) groups excluding carboxylic acids is 3. The number of aryl methyl sites for hydroxylation is 2. The summed E-state index contributed by atoms with van der Waals surface area (Å²) in [6.07, 6.45) is 2.10. The Morgan fingerprint density at radius 3 is 2.18 bits per heavy atom. The van der Waals surface area contributed by atoms with Gasteiger partial charge < -0.3 is 20.3 Å². The summed E-state index contributed by atoms with van der Waals surface area (Å²) in [6, 6.07) is 27.3. The summed E-state index contributed by atoms with van der Waals surface area (Å²) in [4.78, 5) is 43.9. The van der Waals surface area contributed by atoms with E-state index >= 15 is 0 Å². The fourth-order valence-corrected chi connectivity index (χ4v) is 5.71. The molecule has 2 atom stereocenters. The van der Waals surface area contributed by atoms with E-state index in [4.69, 9.17) is 4.74 Å². The summed E-state index contributed by atoms with van der Waals surface area (Å²) >= 11 is 0. The van der Waals surface area contributed by atoms with E-state index in [1.807, 2.05) is 105 Å². The molecule has 3 amide bonds. The highest BCUT2D eigenvalue weighted by atomic mass is 16.6. The van der Waals surface area contributed by atoms with E-state index in [0.717, 1.165) is 52.3 Å². The van der Waals surface area contributed by atoms with Crippen LogP contribution in [0.15, 0.2) is 91.0 Å². The predicted octanol–water partition coefficient (Wildman–Crippen LogP) is 7.65. The number of rotatable bonds is 9. The van der Waals surface area contributed by atoms with Crippen LogP contribution in [0.2, 0.25) is 0 Å². The van der Waals surface area contributed by atoms with Crippen LogP contribution in [0.5, 0.6) is 0 Å². The number of nitrogens with one attached hydrogen (secondary N) is 2. The van der Waals surface area contributed by atoms with Crippen molar-refractivity contribution < 1.29 is 19.1 Å². The first-order chi connectivity index (χ1) is 21.5. The fourth-order valence-electron chi connectivity index (χ4n) is 5.71. The number of nitrogens with zero attached hydrogens (tertiary/aromatic N) is 1. The van der Waals surface area contributed by atoms with E-state index < -0.39 is 23.8 Å². The van der Waals surface area contributed by atoms with E-state index in [-0.39, 0.29) is 24.3 Å². The summed E-state index contributed by atoms with van der Waals surface area (Å²) in [5, 5.41) is 8.06. The molecule has 5 rings (SSSR count). The molecule has 4 aromatic carbocycles. The molecule has 7 nitrogen and oxygen atoms in total. The molecule has 0 radical (unpaired) electrons. The van der Waals surface area contributed by atoms with Gasteiger partial charge in [-0.05, 0) is 99.0 Å². The number of ether oxygens (including phenoxy) is 1. The zero-order chi connectivity index (χ0) is 32.1. The van der Waals surface area contributed by atoms with E-state index in [1.54, 1.807) is 25.7 Å². The standard InChI is InChI=1S/C38H43N3O4/c1-25-18-19-30(22-26(25)2)34(35(42)39-31-21-20-28-14-9-10-15-29(28)24-31)41(32-16-11-17-32)36(43)33(23-27-12-7-6-8-13-27)40-37(44)45-38(3,4)5/h6-10,12-15,18-22,24,32-34H,11,16-17,23H2,1-5H3,(H,39,42)(H,40,44). The first-order valence-corrected chi connectivity index (χ1v) is 15.7. The smallest absolute Gasteiger partial charge is 0.408 e. The van der Waals surface area contributed by atoms with Crippen LogP contribution in [-0.4, -0.2) is 40.5 Å². The van der Waals surface area contributed by atoms with Gasteiger partial charge in [0.1, 0.15) is 17.7 Å². The van der Waals surface area contributed by atoms with Crippen LogP contribution in [0.3, 0.4) is 0 Å². The maximum absolute atomic E-state index is 14.8. The van der Waals surface area contributed by atoms with Crippen molar-refractivity contribution in [1.29, 1.82) is 0 Å². The molecule has 1 fully saturated rings. The van der Waals surface area contributed by atoms with E-state index in [2.05, 4.69) is 10.6 Å². The quantitative estimate of drug-likeness (QED) is 0.205. The molecule has 0 spiro atoms. The van der Waals surface area contributed by atoms with Crippen LogP contribution in [0, 0.1) is 13.8 Å². The minimum absolute atomic E-state index is 0.148. The van der Waals surface area contributed by atoms with E-state index in [0.29, 0.717) is 5.69 Å². The molecule has 1 aliphatic carbocycles. The lowest BCUT2D eigenvalue weighted by Gasteiger charge is -2.43. The van der Waals surface area contributed by atoms with Crippen LogP contribution in [-0.2, 0) is 20.7 Å². The van der Waals surface area contributed by atoms with Crippen molar-refractivity contribution in [2.24, 2.45) is 0 Å². The maximum atomic E-state index is 14.8. The van der Waals surface area contributed by atoms with Gasteiger partial charge in [-0.3, -0.25) is 9.59 Å². The van der Waals surface area contributed by atoms with Crippen LogP contribution < -0.4 is 10.6 Å². The Hall–Kier alpha value is -4.65. The zero-order valence-electron chi connectivity index (χ0n) is 26.8. The number of carbonyl (C=O) groups is 3. The van der Waals surface area contributed by atoms with Gasteiger partial charge in [-0.2, -0.15) is 0 Å². The summed E-state index contributed by atoms with van der Waals surface area (Å²) in [6.45, 7) is 9.39. The molecule has 1 aliphatic rings. The van der Waals surface area contributed by atoms with Gasteiger partial charge in [0.25, 0.3) is 5.91 Å². The Bertz CT molecular complexity index is 1670. The maximum Gasteiger partial charge on any atom is 0.408 e. The van der Waals surface area contributed by atoms with Crippen LogP contribution in [0.4, 0.5) is 10.5 Å².